The lowest BCUT2D eigenvalue weighted by atomic mass is 9.73. The fourth-order valence-electron chi connectivity index (χ4n) is 5.42. The molecule has 4 rings (SSSR count). The molecule has 3 heterocycles. The molecule has 0 saturated heterocycles. The molecule has 2 aliphatic heterocycles. The van der Waals surface area contributed by atoms with E-state index in [0.717, 1.165) is 16.4 Å². The second kappa shape index (κ2) is 9.98. The Balaban J connectivity index is 1.78. The van der Waals surface area contributed by atoms with E-state index in [4.69, 9.17) is 5.73 Å². The predicted molar refractivity (Wildman–Crippen MR) is 136 cm³/mol. The summed E-state index contributed by atoms with van der Waals surface area (Å²) in [4.78, 5) is 18.1. The van der Waals surface area contributed by atoms with E-state index in [1.54, 1.807) is 24.4 Å². The summed E-state index contributed by atoms with van der Waals surface area (Å²) in [6, 6.07) is 8.72. The molecule has 2 aromatic rings. The van der Waals surface area contributed by atoms with Crippen molar-refractivity contribution in [3.8, 4) is 6.07 Å². The molecule has 37 heavy (non-hydrogen) atoms. The molecule has 0 fully saturated rings. The number of alkyl halides is 3. The predicted octanol–water partition coefficient (Wildman–Crippen LogP) is 4.51. The van der Waals surface area contributed by atoms with Gasteiger partial charge in [0.25, 0.3) is 5.56 Å². The van der Waals surface area contributed by atoms with Crippen LogP contribution in [0.5, 0.6) is 0 Å². The number of nitrogens with two attached hydrogens (primary N) is 1. The third kappa shape index (κ3) is 5.39. The van der Waals surface area contributed by atoms with Gasteiger partial charge in [0.1, 0.15) is 6.54 Å². The summed E-state index contributed by atoms with van der Waals surface area (Å²) in [5.74, 6) is 0. The molecule has 0 aliphatic carbocycles. The summed E-state index contributed by atoms with van der Waals surface area (Å²) in [6.45, 7) is 5.38. The van der Waals surface area contributed by atoms with Crippen molar-refractivity contribution in [3.05, 3.63) is 57.5 Å². The molecule has 3 unspecified atom stereocenters. The average Bonchev–Trinajstić information content (AvgIpc) is 3.06. The van der Waals surface area contributed by atoms with Crippen molar-refractivity contribution in [1.29, 1.82) is 5.26 Å². The largest absolute Gasteiger partial charge is 0.593 e. The molecule has 0 bridgehead atoms. The Hall–Kier alpha value is -2.52. The highest BCUT2D eigenvalue weighted by molar-refractivity contribution is 7.89. The third-order valence-electron chi connectivity index (χ3n) is 7.16. The Morgan fingerprint density at radius 3 is 2.57 bits per heavy atom. The van der Waals surface area contributed by atoms with E-state index in [2.05, 4.69) is 36.7 Å². The smallest absolute Gasteiger partial charge is 0.405 e. The molecule has 0 radical (unpaired) electrons. The van der Waals surface area contributed by atoms with E-state index in [1.165, 1.54) is 0 Å². The number of pyridine rings is 1. The van der Waals surface area contributed by atoms with Crippen molar-refractivity contribution in [2.75, 3.05) is 18.0 Å². The van der Waals surface area contributed by atoms with Crippen LogP contribution in [-0.2, 0) is 17.9 Å². The Morgan fingerprint density at radius 1 is 1.22 bits per heavy atom. The number of aromatic amines is 1. The van der Waals surface area contributed by atoms with Crippen LogP contribution in [0.1, 0.15) is 69.2 Å². The van der Waals surface area contributed by atoms with Gasteiger partial charge < -0.3 is 20.2 Å². The SMILES string of the molecule is CC(C)(C)CCC(CC#N)(CCN)N1c2cc[nH]c(=O)c2C1c1ccc2c(c1)CN(CC(F)(F)F)[S+]2[O-]. The van der Waals surface area contributed by atoms with E-state index < -0.39 is 35.7 Å². The zero-order chi connectivity index (χ0) is 27.2. The van der Waals surface area contributed by atoms with Crippen molar-refractivity contribution in [1.82, 2.24) is 9.29 Å². The molecule has 0 spiro atoms. The number of H-pyrrole nitrogens is 1. The zero-order valence-corrected chi connectivity index (χ0v) is 22.0. The van der Waals surface area contributed by atoms with Gasteiger partial charge in [-0.1, -0.05) is 26.8 Å². The molecule has 1 aromatic carbocycles. The molecular weight excluding hydrogens is 503 g/mol. The van der Waals surface area contributed by atoms with Crippen molar-refractivity contribution in [3.63, 3.8) is 0 Å². The van der Waals surface area contributed by atoms with Crippen LogP contribution in [0.25, 0.3) is 0 Å². The number of aromatic nitrogens is 1. The highest BCUT2D eigenvalue weighted by Gasteiger charge is 2.50. The lowest BCUT2D eigenvalue weighted by Gasteiger charge is -2.56. The second-order valence-corrected chi connectivity index (χ2v) is 12.5. The standard InChI is InChI=1S/C26H32F3N5O2S/c1-24(2,3)7-8-25(9-11-30,10-12-31)34-19-6-13-32-23(35)21(19)22(34)17-4-5-20-18(14-17)15-33(37(20)36)16-26(27,28)29/h4-6,13-14,22H,7-11,15-16,30H2,1-3H3,(H,32,35). The van der Waals surface area contributed by atoms with E-state index in [0.29, 0.717) is 41.0 Å². The number of rotatable bonds is 8. The first-order valence-electron chi connectivity index (χ1n) is 12.2. The molecule has 1 aromatic heterocycles. The van der Waals surface area contributed by atoms with E-state index in [9.17, 15) is 27.8 Å². The van der Waals surface area contributed by atoms with Crippen LogP contribution < -0.4 is 16.2 Å². The monoisotopic (exact) mass is 535 g/mol. The first-order valence-corrected chi connectivity index (χ1v) is 13.4. The van der Waals surface area contributed by atoms with E-state index in [1.807, 2.05) is 6.07 Å². The fourth-order valence-corrected chi connectivity index (χ4v) is 6.75. The Bertz CT molecular complexity index is 1250. The third-order valence-corrected chi connectivity index (χ3v) is 8.66. The topological polar surface area (TPSA) is 112 Å². The lowest BCUT2D eigenvalue weighted by Crippen LogP contribution is -2.58. The fraction of sp³-hybridized carbons (Fsp3) is 0.538. The summed E-state index contributed by atoms with van der Waals surface area (Å²) < 4.78 is 52.6. The van der Waals surface area contributed by atoms with Gasteiger partial charge in [-0.25, -0.2) is 0 Å². The first-order chi connectivity index (χ1) is 17.3. The number of benzene rings is 1. The first kappa shape index (κ1) is 27.5. The molecule has 0 saturated carbocycles. The number of hydrogen-bond donors (Lipinski definition) is 2. The number of fused-ring (bicyclic) bond motifs is 2. The number of nitrogens with one attached hydrogen (secondary N) is 1. The summed E-state index contributed by atoms with van der Waals surface area (Å²) in [5, 5.41) is 9.85. The summed E-state index contributed by atoms with van der Waals surface area (Å²) >= 11 is -1.91. The molecule has 7 nitrogen and oxygen atoms in total. The Morgan fingerprint density at radius 2 is 1.95 bits per heavy atom. The number of halogens is 3. The van der Waals surface area contributed by atoms with Crippen LogP contribution in [0, 0.1) is 16.7 Å². The maximum Gasteiger partial charge on any atom is 0.405 e. The lowest BCUT2D eigenvalue weighted by molar-refractivity contribution is -0.136. The molecule has 11 heteroatoms. The van der Waals surface area contributed by atoms with Gasteiger partial charge in [-0.2, -0.15) is 18.4 Å². The average molecular weight is 536 g/mol. The van der Waals surface area contributed by atoms with Crippen molar-refractivity contribution >= 4 is 17.0 Å². The van der Waals surface area contributed by atoms with Crippen molar-refractivity contribution in [2.45, 2.75) is 75.7 Å². The van der Waals surface area contributed by atoms with Gasteiger partial charge in [0.05, 0.1) is 53.2 Å². The Labute approximate surface area is 217 Å². The van der Waals surface area contributed by atoms with E-state index in [-0.39, 0.29) is 23.9 Å². The van der Waals surface area contributed by atoms with Crippen LogP contribution >= 0.6 is 0 Å². The van der Waals surface area contributed by atoms with Gasteiger partial charge in [-0.15, -0.1) is 4.31 Å². The van der Waals surface area contributed by atoms with Crippen molar-refractivity contribution in [2.24, 2.45) is 11.1 Å². The van der Waals surface area contributed by atoms with Crippen LogP contribution in [0.3, 0.4) is 0 Å². The summed E-state index contributed by atoms with van der Waals surface area (Å²) in [6.07, 6.45) is -0.645. The highest BCUT2D eigenvalue weighted by atomic mass is 32.2. The maximum atomic E-state index is 13.0. The van der Waals surface area contributed by atoms with E-state index >= 15 is 0 Å². The van der Waals surface area contributed by atoms with Gasteiger partial charge >= 0.3 is 6.18 Å². The quantitative estimate of drug-likeness (QED) is 0.481. The van der Waals surface area contributed by atoms with Crippen molar-refractivity contribution < 1.29 is 17.7 Å². The summed E-state index contributed by atoms with van der Waals surface area (Å²) in [7, 11) is 0. The number of nitriles is 1. The normalized spacial score (nSPS) is 21.1. The van der Waals surface area contributed by atoms with Gasteiger partial charge in [-0.3, -0.25) is 4.79 Å². The zero-order valence-electron chi connectivity index (χ0n) is 21.2. The van der Waals surface area contributed by atoms with Crippen LogP contribution in [0.15, 0.2) is 40.2 Å². The van der Waals surface area contributed by atoms with Gasteiger partial charge in [0.15, 0.2) is 4.90 Å². The maximum absolute atomic E-state index is 13.0. The minimum atomic E-state index is -4.47. The van der Waals surface area contributed by atoms with Gasteiger partial charge in [0, 0.05) is 11.8 Å². The highest BCUT2D eigenvalue weighted by Crippen LogP contribution is 2.53. The Kier molecular flexibility index (Phi) is 7.42. The number of anilines is 1. The number of nitrogens with zero attached hydrogens (tertiary/aromatic N) is 3. The van der Waals surface area contributed by atoms with Gasteiger partial charge in [0.2, 0.25) is 0 Å². The molecule has 2 aliphatic rings. The van der Waals surface area contributed by atoms with Crippen LogP contribution in [-0.4, -0.2) is 38.6 Å². The van der Waals surface area contributed by atoms with Crippen LogP contribution in [0.2, 0.25) is 0 Å². The minimum absolute atomic E-state index is 0.00618. The minimum Gasteiger partial charge on any atom is -0.593 e. The molecule has 3 atom stereocenters. The number of hydrogen-bond acceptors (Lipinski definition) is 6. The van der Waals surface area contributed by atoms with Crippen LogP contribution in [0.4, 0.5) is 18.9 Å². The summed E-state index contributed by atoms with van der Waals surface area (Å²) in [5.41, 5.74) is 7.70. The molecule has 0 amide bonds. The molecule has 3 N–H and O–H groups in total. The van der Waals surface area contributed by atoms with Gasteiger partial charge in [-0.05, 0) is 55.0 Å². The molecular formula is C26H32F3N5O2S. The second-order valence-electron chi connectivity index (χ2n) is 11.1. The molecule has 200 valence electrons.